The quantitative estimate of drug-likeness (QED) is 0.848. The van der Waals surface area contributed by atoms with Gasteiger partial charge in [-0.1, -0.05) is 32.0 Å². The fourth-order valence-electron chi connectivity index (χ4n) is 3.22. The number of para-hydroxylation sites is 1. The molecule has 2 aromatic rings. The second kappa shape index (κ2) is 7.18. The number of hydrogen-bond donors (Lipinski definition) is 0. The molecule has 1 aliphatic heterocycles. The normalized spacial score (nSPS) is 15.4. The first kappa shape index (κ1) is 16.7. The molecule has 0 spiro atoms. The topological polar surface area (TPSA) is 47.4 Å². The highest BCUT2D eigenvalue weighted by molar-refractivity contribution is 5.81. The minimum absolute atomic E-state index is 0.0879. The zero-order valence-corrected chi connectivity index (χ0v) is 14.6. The summed E-state index contributed by atoms with van der Waals surface area (Å²) in [6.45, 7) is 7.86. The molecule has 1 atom stereocenters. The van der Waals surface area contributed by atoms with Crippen LogP contribution >= 0.6 is 0 Å². The minimum atomic E-state index is -0.360. The van der Waals surface area contributed by atoms with Gasteiger partial charge in [-0.15, -0.1) is 0 Å². The number of carbonyl (C=O) groups excluding carboxylic acids is 1. The fourth-order valence-corrected chi connectivity index (χ4v) is 3.22. The van der Waals surface area contributed by atoms with Gasteiger partial charge < -0.3 is 9.64 Å². The summed E-state index contributed by atoms with van der Waals surface area (Å²) in [6, 6.07) is 10.1. The number of carbonyl (C=O) groups is 1. The average Bonchev–Trinajstić information content (AvgIpc) is 3.02. The summed E-state index contributed by atoms with van der Waals surface area (Å²) in [4.78, 5) is 14.7. The number of amides is 1. The number of hydrogen-bond acceptors (Lipinski definition) is 3. The minimum Gasteiger partial charge on any atom is -0.368 e. The van der Waals surface area contributed by atoms with E-state index in [1.54, 1.807) is 0 Å². The van der Waals surface area contributed by atoms with Crippen molar-refractivity contribution in [1.29, 1.82) is 0 Å². The highest BCUT2D eigenvalue weighted by atomic mass is 16.5. The number of fused-ring (bicyclic) bond motifs is 1. The van der Waals surface area contributed by atoms with Crippen LogP contribution in [-0.4, -0.2) is 39.8 Å². The van der Waals surface area contributed by atoms with Crippen molar-refractivity contribution in [2.45, 2.75) is 39.8 Å². The smallest absolute Gasteiger partial charge is 0.252 e. The first-order valence-corrected chi connectivity index (χ1v) is 8.63. The van der Waals surface area contributed by atoms with Crippen molar-refractivity contribution < 1.29 is 9.53 Å². The van der Waals surface area contributed by atoms with Crippen LogP contribution < -0.4 is 0 Å². The SMILES string of the molecule is CCOC(C(=O)N1CCc2c(cnn2-c2ccccc2)C1)C(C)C. The van der Waals surface area contributed by atoms with Crippen LogP contribution in [0.3, 0.4) is 0 Å². The molecule has 1 amide bonds. The Morgan fingerprint density at radius 2 is 2.04 bits per heavy atom. The van der Waals surface area contributed by atoms with Gasteiger partial charge in [-0.25, -0.2) is 4.68 Å². The maximum absolute atomic E-state index is 12.8. The van der Waals surface area contributed by atoms with Gasteiger partial charge in [-0.05, 0) is 25.0 Å². The van der Waals surface area contributed by atoms with Gasteiger partial charge in [0, 0.05) is 31.7 Å². The molecule has 0 N–H and O–H groups in total. The summed E-state index contributed by atoms with van der Waals surface area (Å²) < 4.78 is 7.65. The molecule has 1 unspecified atom stereocenters. The Morgan fingerprint density at radius 3 is 2.71 bits per heavy atom. The van der Waals surface area contributed by atoms with Crippen molar-refractivity contribution in [2.75, 3.05) is 13.2 Å². The molecule has 5 nitrogen and oxygen atoms in total. The Balaban J connectivity index is 1.78. The number of nitrogens with zero attached hydrogens (tertiary/aromatic N) is 3. The number of rotatable bonds is 5. The fraction of sp³-hybridized carbons (Fsp3) is 0.474. The van der Waals surface area contributed by atoms with Gasteiger partial charge in [0.05, 0.1) is 17.6 Å². The number of aromatic nitrogens is 2. The Bertz CT molecular complexity index is 694. The summed E-state index contributed by atoms with van der Waals surface area (Å²) in [5.74, 6) is 0.260. The highest BCUT2D eigenvalue weighted by Gasteiger charge is 2.31. The van der Waals surface area contributed by atoms with E-state index in [2.05, 4.69) is 17.2 Å². The lowest BCUT2D eigenvalue weighted by atomic mass is 10.0. The summed E-state index contributed by atoms with van der Waals surface area (Å²) in [5, 5.41) is 4.53. The van der Waals surface area contributed by atoms with Gasteiger partial charge in [-0.3, -0.25) is 4.79 Å². The first-order valence-electron chi connectivity index (χ1n) is 8.63. The van der Waals surface area contributed by atoms with Gasteiger partial charge in [0.2, 0.25) is 0 Å². The molecule has 0 saturated heterocycles. The van der Waals surface area contributed by atoms with Crippen LogP contribution in [0.1, 0.15) is 32.0 Å². The van der Waals surface area contributed by atoms with E-state index < -0.39 is 0 Å². The predicted octanol–water partition coefficient (Wildman–Crippen LogP) is 2.82. The van der Waals surface area contributed by atoms with Crippen molar-refractivity contribution >= 4 is 5.91 Å². The third-order valence-electron chi connectivity index (χ3n) is 4.44. The molecule has 1 aromatic heterocycles. The maximum atomic E-state index is 12.8. The zero-order valence-electron chi connectivity index (χ0n) is 14.6. The van der Waals surface area contributed by atoms with E-state index in [4.69, 9.17) is 4.74 Å². The molecule has 0 radical (unpaired) electrons. The van der Waals surface area contributed by atoms with Crippen molar-refractivity contribution in [3.8, 4) is 5.69 Å². The summed E-state index contributed by atoms with van der Waals surface area (Å²) >= 11 is 0. The molecule has 0 bridgehead atoms. The summed E-state index contributed by atoms with van der Waals surface area (Å²) in [7, 11) is 0. The summed E-state index contributed by atoms with van der Waals surface area (Å²) in [5.41, 5.74) is 3.38. The molecule has 24 heavy (non-hydrogen) atoms. The van der Waals surface area contributed by atoms with Crippen molar-refractivity contribution in [3.05, 3.63) is 47.8 Å². The van der Waals surface area contributed by atoms with Gasteiger partial charge in [0.15, 0.2) is 0 Å². The van der Waals surface area contributed by atoms with Crippen LogP contribution in [0.25, 0.3) is 5.69 Å². The molecule has 2 heterocycles. The van der Waals surface area contributed by atoms with E-state index in [1.807, 2.05) is 54.7 Å². The monoisotopic (exact) mass is 327 g/mol. The second-order valence-electron chi connectivity index (χ2n) is 6.49. The molecular formula is C19H25N3O2. The van der Waals surface area contributed by atoms with Crippen LogP contribution in [0.4, 0.5) is 0 Å². The van der Waals surface area contributed by atoms with E-state index in [1.165, 1.54) is 5.69 Å². The Morgan fingerprint density at radius 1 is 1.29 bits per heavy atom. The molecule has 0 saturated carbocycles. The van der Waals surface area contributed by atoms with Crippen LogP contribution in [-0.2, 0) is 22.5 Å². The van der Waals surface area contributed by atoms with E-state index >= 15 is 0 Å². The molecule has 0 fully saturated rings. The summed E-state index contributed by atoms with van der Waals surface area (Å²) in [6.07, 6.45) is 2.33. The lowest BCUT2D eigenvalue weighted by molar-refractivity contribution is -0.147. The third kappa shape index (κ3) is 3.22. The standard InChI is InChI=1S/C19H25N3O2/c1-4-24-18(14(2)3)19(23)21-11-10-17-15(13-21)12-20-22(17)16-8-6-5-7-9-16/h5-9,12,14,18H,4,10-11,13H2,1-3H3. The van der Waals surface area contributed by atoms with E-state index in [9.17, 15) is 4.79 Å². The molecule has 1 aromatic carbocycles. The van der Waals surface area contributed by atoms with E-state index in [0.29, 0.717) is 19.7 Å². The molecular weight excluding hydrogens is 302 g/mol. The first-order chi connectivity index (χ1) is 11.6. The van der Waals surface area contributed by atoms with Crippen LogP contribution in [0.2, 0.25) is 0 Å². The zero-order chi connectivity index (χ0) is 17.1. The number of ether oxygens (including phenoxy) is 1. The lowest BCUT2D eigenvalue weighted by Gasteiger charge is -2.32. The Labute approximate surface area is 143 Å². The lowest BCUT2D eigenvalue weighted by Crippen LogP contribution is -2.45. The number of benzene rings is 1. The van der Waals surface area contributed by atoms with E-state index in [0.717, 1.165) is 17.7 Å². The molecule has 5 heteroatoms. The Hall–Kier alpha value is -2.14. The van der Waals surface area contributed by atoms with Crippen LogP contribution in [0.5, 0.6) is 0 Å². The molecule has 1 aliphatic rings. The van der Waals surface area contributed by atoms with Crippen LogP contribution in [0.15, 0.2) is 36.5 Å². The molecule has 3 rings (SSSR count). The highest BCUT2D eigenvalue weighted by Crippen LogP contribution is 2.23. The maximum Gasteiger partial charge on any atom is 0.252 e. The molecule has 0 aliphatic carbocycles. The van der Waals surface area contributed by atoms with E-state index in [-0.39, 0.29) is 17.9 Å². The Kier molecular flexibility index (Phi) is 5.00. The van der Waals surface area contributed by atoms with Crippen molar-refractivity contribution in [2.24, 2.45) is 5.92 Å². The van der Waals surface area contributed by atoms with Crippen molar-refractivity contribution in [1.82, 2.24) is 14.7 Å². The largest absolute Gasteiger partial charge is 0.368 e. The predicted molar refractivity (Wildman–Crippen MR) is 92.9 cm³/mol. The van der Waals surface area contributed by atoms with Gasteiger partial charge in [0.25, 0.3) is 5.91 Å². The van der Waals surface area contributed by atoms with Gasteiger partial charge in [-0.2, -0.15) is 5.10 Å². The second-order valence-corrected chi connectivity index (χ2v) is 6.49. The van der Waals surface area contributed by atoms with Gasteiger partial charge >= 0.3 is 0 Å². The molecule has 128 valence electrons. The van der Waals surface area contributed by atoms with Gasteiger partial charge in [0.1, 0.15) is 6.10 Å². The van der Waals surface area contributed by atoms with Crippen LogP contribution in [0, 0.1) is 5.92 Å². The average molecular weight is 327 g/mol. The van der Waals surface area contributed by atoms with Crippen molar-refractivity contribution in [3.63, 3.8) is 0 Å². The third-order valence-corrected chi connectivity index (χ3v) is 4.44.